The molecule has 114 valence electrons. The minimum absolute atomic E-state index is 0.0893. The van der Waals surface area contributed by atoms with Crippen molar-refractivity contribution in [2.75, 3.05) is 0 Å². The van der Waals surface area contributed by atoms with Crippen molar-refractivity contribution in [3.8, 4) is 11.6 Å². The molecule has 0 saturated carbocycles. The van der Waals surface area contributed by atoms with Crippen LogP contribution in [0.3, 0.4) is 0 Å². The van der Waals surface area contributed by atoms with Crippen LogP contribution in [-0.2, 0) is 14.1 Å². The molecular formula is C16H19N5O. The Kier molecular flexibility index (Phi) is 3.33. The van der Waals surface area contributed by atoms with E-state index in [-0.39, 0.29) is 11.6 Å². The van der Waals surface area contributed by atoms with Gasteiger partial charge in [0.25, 0.3) is 5.56 Å². The molecule has 2 aromatic heterocycles. The van der Waals surface area contributed by atoms with E-state index in [1.54, 1.807) is 13.2 Å². The average Bonchev–Trinajstić information content (AvgIpc) is 2.88. The van der Waals surface area contributed by atoms with Crippen molar-refractivity contribution in [1.82, 2.24) is 19.1 Å². The molecule has 6 nitrogen and oxygen atoms in total. The maximum absolute atomic E-state index is 12.7. The van der Waals surface area contributed by atoms with Crippen LogP contribution in [0.4, 0.5) is 0 Å². The van der Waals surface area contributed by atoms with Gasteiger partial charge in [-0.15, -0.1) is 0 Å². The Balaban J connectivity index is 2.46. The van der Waals surface area contributed by atoms with E-state index in [1.165, 1.54) is 4.57 Å². The van der Waals surface area contributed by atoms with Crippen LogP contribution in [-0.4, -0.2) is 19.1 Å². The molecule has 2 heterocycles. The van der Waals surface area contributed by atoms with E-state index in [4.69, 9.17) is 10.7 Å². The molecule has 0 fully saturated rings. The molecule has 0 aliphatic heterocycles. The molecule has 0 aliphatic rings. The number of rotatable bonds is 2. The monoisotopic (exact) mass is 297 g/mol. The SMILES string of the molecule is Cc1cc([C@@H](C)N)c2nc(-c3nccn3C)n(C)c(=O)c2c1. The largest absolute Gasteiger partial charge is 0.331 e. The molecule has 2 N–H and O–H groups in total. The number of imidazole rings is 1. The van der Waals surface area contributed by atoms with Gasteiger partial charge in [-0.25, -0.2) is 9.97 Å². The summed E-state index contributed by atoms with van der Waals surface area (Å²) >= 11 is 0. The number of nitrogens with two attached hydrogens (primary N) is 1. The molecule has 3 aromatic rings. The first-order valence-corrected chi connectivity index (χ1v) is 7.14. The summed E-state index contributed by atoms with van der Waals surface area (Å²) in [5, 5.41) is 0.591. The van der Waals surface area contributed by atoms with Crippen LogP contribution >= 0.6 is 0 Å². The first-order chi connectivity index (χ1) is 10.4. The van der Waals surface area contributed by atoms with Crippen LogP contribution in [0.1, 0.15) is 24.1 Å². The van der Waals surface area contributed by atoms with E-state index in [9.17, 15) is 4.79 Å². The molecule has 0 bridgehead atoms. The van der Waals surface area contributed by atoms with Crippen LogP contribution in [0.5, 0.6) is 0 Å². The summed E-state index contributed by atoms with van der Waals surface area (Å²) in [6.45, 7) is 3.85. The third-order valence-electron chi connectivity index (χ3n) is 3.87. The lowest BCUT2D eigenvalue weighted by Gasteiger charge is -2.14. The Morgan fingerprint density at radius 3 is 2.55 bits per heavy atom. The molecule has 0 unspecified atom stereocenters. The number of nitrogens with zero attached hydrogens (tertiary/aromatic N) is 4. The maximum atomic E-state index is 12.7. The predicted octanol–water partition coefficient (Wildman–Crippen LogP) is 1.66. The Morgan fingerprint density at radius 2 is 1.95 bits per heavy atom. The normalized spacial score (nSPS) is 12.8. The zero-order valence-electron chi connectivity index (χ0n) is 13.2. The fourth-order valence-electron chi connectivity index (χ4n) is 2.68. The lowest BCUT2D eigenvalue weighted by molar-refractivity contribution is 0.802. The number of hydrogen-bond acceptors (Lipinski definition) is 4. The maximum Gasteiger partial charge on any atom is 0.261 e. The lowest BCUT2D eigenvalue weighted by Crippen LogP contribution is -2.22. The first-order valence-electron chi connectivity index (χ1n) is 7.14. The third kappa shape index (κ3) is 2.12. The van der Waals surface area contributed by atoms with Crippen molar-refractivity contribution in [2.45, 2.75) is 19.9 Å². The van der Waals surface area contributed by atoms with Crippen LogP contribution < -0.4 is 11.3 Å². The molecule has 0 saturated heterocycles. The van der Waals surface area contributed by atoms with Crippen molar-refractivity contribution in [2.24, 2.45) is 19.8 Å². The molecule has 0 amide bonds. The summed E-state index contributed by atoms with van der Waals surface area (Å²) in [4.78, 5) is 21.7. The first kappa shape index (κ1) is 14.5. The van der Waals surface area contributed by atoms with Gasteiger partial charge in [0.15, 0.2) is 11.6 Å². The zero-order valence-corrected chi connectivity index (χ0v) is 13.2. The number of benzene rings is 1. The fraction of sp³-hybridized carbons (Fsp3) is 0.312. The molecule has 1 atom stereocenters. The molecule has 0 aliphatic carbocycles. The van der Waals surface area contributed by atoms with E-state index < -0.39 is 0 Å². The van der Waals surface area contributed by atoms with Gasteiger partial charge in [-0.2, -0.15) is 0 Å². The molecular weight excluding hydrogens is 278 g/mol. The highest BCUT2D eigenvalue weighted by Crippen LogP contribution is 2.24. The highest BCUT2D eigenvalue weighted by Gasteiger charge is 2.17. The van der Waals surface area contributed by atoms with Crippen LogP contribution in [0, 0.1) is 6.92 Å². The van der Waals surface area contributed by atoms with Gasteiger partial charge in [0.1, 0.15) is 0 Å². The van der Waals surface area contributed by atoms with Gasteiger partial charge >= 0.3 is 0 Å². The highest BCUT2D eigenvalue weighted by molar-refractivity contribution is 5.83. The van der Waals surface area contributed by atoms with Gasteiger partial charge in [-0.05, 0) is 31.0 Å². The smallest absolute Gasteiger partial charge is 0.261 e. The molecule has 0 spiro atoms. The van der Waals surface area contributed by atoms with Gasteiger partial charge in [-0.1, -0.05) is 6.07 Å². The summed E-state index contributed by atoms with van der Waals surface area (Å²) in [7, 11) is 3.59. The van der Waals surface area contributed by atoms with E-state index >= 15 is 0 Å². The second-order valence-corrected chi connectivity index (χ2v) is 5.70. The second kappa shape index (κ2) is 5.06. The standard InChI is InChI=1S/C16H19N5O/c1-9-7-11(10(2)17)13-12(8-9)16(22)21(4)15(19-13)14-18-5-6-20(14)3/h5-8,10H,17H2,1-4H3/t10-/m1/s1. The molecule has 6 heteroatoms. The van der Waals surface area contributed by atoms with Crippen LogP contribution in [0.2, 0.25) is 0 Å². The zero-order chi connectivity index (χ0) is 16.0. The Morgan fingerprint density at radius 1 is 1.23 bits per heavy atom. The van der Waals surface area contributed by atoms with E-state index in [2.05, 4.69) is 4.98 Å². The average molecular weight is 297 g/mol. The summed E-state index contributed by atoms with van der Waals surface area (Å²) in [6, 6.07) is 3.65. The minimum Gasteiger partial charge on any atom is -0.331 e. The predicted molar refractivity (Wildman–Crippen MR) is 86.5 cm³/mol. The number of aromatic nitrogens is 4. The highest BCUT2D eigenvalue weighted by atomic mass is 16.1. The summed E-state index contributed by atoms with van der Waals surface area (Å²) in [5.41, 5.74) is 8.51. The van der Waals surface area contributed by atoms with Gasteiger partial charge in [-0.3, -0.25) is 9.36 Å². The number of fused-ring (bicyclic) bond motifs is 1. The van der Waals surface area contributed by atoms with E-state index in [0.29, 0.717) is 22.6 Å². The van der Waals surface area contributed by atoms with Gasteiger partial charge in [0, 0.05) is 32.5 Å². The van der Waals surface area contributed by atoms with Crippen LogP contribution in [0.15, 0.2) is 29.3 Å². The molecule has 0 radical (unpaired) electrons. The molecule has 1 aromatic carbocycles. The van der Waals surface area contributed by atoms with E-state index in [1.807, 2.05) is 43.8 Å². The summed E-state index contributed by atoms with van der Waals surface area (Å²) in [6.07, 6.45) is 3.51. The minimum atomic E-state index is -0.198. The molecule has 22 heavy (non-hydrogen) atoms. The number of hydrogen-bond donors (Lipinski definition) is 1. The topological polar surface area (TPSA) is 78.7 Å². The summed E-state index contributed by atoms with van der Waals surface area (Å²) < 4.78 is 3.38. The fourth-order valence-corrected chi connectivity index (χ4v) is 2.68. The third-order valence-corrected chi connectivity index (χ3v) is 3.87. The van der Waals surface area contributed by atoms with Crippen molar-refractivity contribution >= 4 is 10.9 Å². The Hall–Kier alpha value is -2.47. The Bertz CT molecular complexity index is 920. The summed E-state index contributed by atoms with van der Waals surface area (Å²) in [5.74, 6) is 1.19. The second-order valence-electron chi connectivity index (χ2n) is 5.70. The van der Waals surface area contributed by atoms with Crippen LogP contribution in [0.25, 0.3) is 22.6 Å². The van der Waals surface area contributed by atoms with E-state index in [0.717, 1.165) is 11.1 Å². The van der Waals surface area contributed by atoms with Gasteiger partial charge in [0.05, 0.1) is 10.9 Å². The quantitative estimate of drug-likeness (QED) is 0.780. The Labute approximate surface area is 128 Å². The number of aryl methyl sites for hydroxylation is 2. The van der Waals surface area contributed by atoms with Crippen molar-refractivity contribution in [3.05, 3.63) is 46.0 Å². The molecule has 3 rings (SSSR count). The lowest BCUT2D eigenvalue weighted by atomic mass is 10.0. The van der Waals surface area contributed by atoms with Crippen molar-refractivity contribution in [1.29, 1.82) is 0 Å². The van der Waals surface area contributed by atoms with Crippen molar-refractivity contribution in [3.63, 3.8) is 0 Å². The van der Waals surface area contributed by atoms with Gasteiger partial charge < -0.3 is 10.3 Å². The van der Waals surface area contributed by atoms with Crippen molar-refractivity contribution < 1.29 is 0 Å². The van der Waals surface area contributed by atoms with Gasteiger partial charge in [0.2, 0.25) is 0 Å².